The first-order chi connectivity index (χ1) is 12.1. The highest BCUT2D eigenvalue weighted by molar-refractivity contribution is 5.78. The van der Waals surface area contributed by atoms with Crippen molar-refractivity contribution in [2.75, 3.05) is 39.3 Å². The number of carbonyl (C=O) groups is 1. The highest BCUT2D eigenvalue weighted by atomic mass is 16.5. The van der Waals surface area contributed by atoms with Gasteiger partial charge in [0.05, 0.1) is 6.26 Å². The minimum absolute atomic E-state index is 0.00511. The Hall–Kier alpha value is -2.31. The summed E-state index contributed by atoms with van der Waals surface area (Å²) in [4.78, 5) is 16.3. The molecule has 0 aliphatic carbocycles. The highest BCUT2D eigenvalue weighted by Crippen LogP contribution is 2.17. The monoisotopic (exact) mass is 344 g/mol. The predicted octanol–water partition coefficient (Wildman–Crippen LogP) is 1.84. The van der Waals surface area contributed by atoms with E-state index in [0.29, 0.717) is 25.4 Å². The van der Waals surface area contributed by atoms with Crippen LogP contribution in [0.25, 0.3) is 0 Å². The van der Waals surface area contributed by atoms with E-state index in [0.717, 1.165) is 24.4 Å². The maximum atomic E-state index is 12.3. The number of carbonyl (C=O) groups excluding carboxylic acids is 1. The van der Waals surface area contributed by atoms with E-state index in [9.17, 15) is 9.90 Å². The smallest absolute Gasteiger partial charge is 0.260 e. The number of aliphatic hydroxyl groups excluding tert-OH is 1. The van der Waals surface area contributed by atoms with Crippen molar-refractivity contribution in [1.29, 1.82) is 0 Å². The molecule has 6 heteroatoms. The van der Waals surface area contributed by atoms with Crippen molar-refractivity contribution in [2.24, 2.45) is 0 Å². The van der Waals surface area contributed by atoms with Crippen LogP contribution in [0.3, 0.4) is 0 Å². The fourth-order valence-electron chi connectivity index (χ4n) is 2.94. The van der Waals surface area contributed by atoms with E-state index >= 15 is 0 Å². The number of β-amino-alcohol motifs (C(OH)–C–C–N with tert-alkyl or cyclic N) is 1. The van der Waals surface area contributed by atoms with Gasteiger partial charge in [0.15, 0.2) is 6.61 Å². The molecule has 1 aromatic carbocycles. The first-order valence-corrected chi connectivity index (χ1v) is 8.53. The molecular formula is C19H24N2O4. The normalized spacial score (nSPS) is 16.6. The maximum absolute atomic E-state index is 12.3. The summed E-state index contributed by atoms with van der Waals surface area (Å²) in [6, 6.07) is 11.2. The van der Waals surface area contributed by atoms with Crippen LogP contribution >= 0.6 is 0 Å². The second-order valence-electron chi connectivity index (χ2n) is 6.27. The van der Waals surface area contributed by atoms with Crippen LogP contribution in [0.15, 0.2) is 47.1 Å². The van der Waals surface area contributed by atoms with Crippen molar-refractivity contribution in [3.05, 3.63) is 54.0 Å². The van der Waals surface area contributed by atoms with Gasteiger partial charge in [-0.05, 0) is 30.7 Å². The Kier molecular flexibility index (Phi) is 5.73. The van der Waals surface area contributed by atoms with Gasteiger partial charge in [-0.2, -0.15) is 0 Å². The minimum atomic E-state index is -0.637. The SMILES string of the molecule is Cc1ccccc1OCC(=O)N1CCN(CC(O)c2ccco2)CC1. The number of aliphatic hydroxyl groups is 1. The van der Waals surface area contributed by atoms with Gasteiger partial charge in [0.2, 0.25) is 0 Å². The lowest BCUT2D eigenvalue weighted by Crippen LogP contribution is -2.50. The number of furan rings is 1. The lowest BCUT2D eigenvalue weighted by molar-refractivity contribution is -0.135. The van der Waals surface area contributed by atoms with E-state index in [1.54, 1.807) is 18.4 Å². The molecule has 3 rings (SSSR count). The molecule has 2 aromatic rings. The van der Waals surface area contributed by atoms with E-state index in [4.69, 9.17) is 9.15 Å². The summed E-state index contributed by atoms with van der Waals surface area (Å²) < 4.78 is 10.9. The van der Waals surface area contributed by atoms with E-state index in [1.165, 1.54) is 0 Å². The average Bonchev–Trinajstić information content (AvgIpc) is 3.16. The van der Waals surface area contributed by atoms with Crippen LogP contribution in [-0.4, -0.2) is 60.1 Å². The second-order valence-corrected chi connectivity index (χ2v) is 6.27. The van der Waals surface area contributed by atoms with Gasteiger partial charge in [-0.3, -0.25) is 9.69 Å². The van der Waals surface area contributed by atoms with E-state index in [-0.39, 0.29) is 12.5 Å². The number of ether oxygens (including phenoxy) is 1. The molecule has 2 heterocycles. The number of nitrogens with zero attached hydrogens (tertiary/aromatic N) is 2. The number of aryl methyl sites for hydroxylation is 1. The van der Waals surface area contributed by atoms with Crippen LogP contribution in [-0.2, 0) is 4.79 Å². The first kappa shape index (κ1) is 17.5. The van der Waals surface area contributed by atoms with Crippen LogP contribution in [0.2, 0.25) is 0 Å². The third-order valence-electron chi connectivity index (χ3n) is 4.47. The fourth-order valence-corrected chi connectivity index (χ4v) is 2.94. The number of amides is 1. The summed E-state index contributed by atoms with van der Waals surface area (Å²) in [5, 5.41) is 10.1. The zero-order valence-corrected chi connectivity index (χ0v) is 14.4. The molecule has 6 nitrogen and oxygen atoms in total. The molecule has 1 aliphatic heterocycles. The summed E-state index contributed by atoms with van der Waals surface area (Å²) in [6.45, 7) is 5.27. The minimum Gasteiger partial charge on any atom is -0.484 e. The number of hydrogen-bond acceptors (Lipinski definition) is 5. The van der Waals surface area contributed by atoms with Crippen LogP contribution in [0.4, 0.5) is 0 Å². The van der Waals surface area contributed by atoms with Crippen LogP contribution in [0.5, 0.6) is 5.75 Å². The van der Waals surface area contributed by atoms with Crippen molar-refractivity contribution in [3.8, 4) is 5.75 Å². The summed E-state index contributed by atoms with van der Waals surface area (Å²) in [5.74, 6) is 1.32. The molecule has 1 amide bonds. The highest BCUT2D eigenvalue weighted by Gasteiger charge is 2.24. The first-order valence-electron chi connectivity index (χ1n) is 8.53. The molecule has 0 spiro atoms. The maximum Gasteiger partial charge on any atom is 0.260 e. The molecule has 0 radical (unpaired) electrons. The molecule has 0 bridgehead atoms. The lowest BCUT2D eigenvalue weighted by Gasteiger charge is -2.35. The Balaban J connectivity index is 1.42. The van der Waals surface area contributed by atoms with Gasteiger partial charge in [-0.1, -0.05) is 18.2 Å². The van der Waals surface area contributed by atoms with E-state index < -0.39 is 6.10 Å². The fraction of sp³-hybridized carbons (Fsp3) is 0.421. The third kappa shape index (κ3) is 4.61. The lowest BCUT2D eigenvalue weighted by atomic mass is 10.2. The topological polar surface area (TPSA) is 66.2 Å². The van der Waals surface area contributed by atoms with Gasteiger partial charge < -0.3 is 19.2 Å². The van der Waals surface area contributed by atoms with Crippen LogP contribution in [0.1, 0.15) is 17.4 Å². The van der Waals surface area contributed by atoms with Gasteiger partial charge in [0, 0.05) is 32.7 Å². The summed E-state index contributed by atoms with van der Waals surface area (Å²) in [7, 11) is 0. The van der Waals surface area contributed by atoms with E-state index in [2.05, 4.69) is 4.90 Å². The molecule has 134 valence electrons. The number of para-hydroxylation sites is 1. The number of hydrogen-bond donors (Lipinski definition) is 1. The van der Waals surface area contributed by atoms with Gasteiger partial charge in [0.25, 0.3) is 5.91 Å². The van der Waals surface area contributed by atoms with Crippen LogP contribution in [0, 0.1) is 6.92 Å². The van der Waals surface area contributed by atoms with Gasteiger partial charge in [-0.15, -0.1) is 0 Å². The quantitative estimate of drug-likeness (QED) is 0.866. The molecule has 0 saturated carbocycles. The summed E-state index contributed by atoms with van der Waals surface area (Å²) in [6.07, 6.45) is 0.922. The van der Waals surface area contributed by atoms with Crippen molar-refractivity contribution < 1.29 is 19.1 Å². The van der Waals surface area contributed by atoms with Crippen molar-refractivity contribution in [3.63, 3.8) is 0 Å². The average molecular weight is 344 g/mol. The standard InChI is InChI=1S/C19H24N2O4/c1-15-5-2-3-6-17(15)25-14-19(23)21-10-8-20(9-11-21)13-16(22)18-7-4-12-24-18/h2-7,12,16,22H,8-11,13-14H2,1H3. The molecule has 1 atom stereocenters. The number of benzene rings is 1. The predicted molar refractivity (Wildman–Crippen MR) is 93.4 cm³/mol. The molecule has 1 aromatic heterocycles. The molecule has 1 N–H and O–H groups in total. The Morgan fingerprint density at radius 3 is 2.64 bits per heavy atom. The van der Waals surface area contributed by atoms with Crippen LogP contribution < -0.4 is 4.74 Å². The zero-order chi connectivity index (χ0) is 17.6. The Morgan fingerprint density at radius 2 is 1.96 bits per heavy atom. The van der Waals surface area contributed by atoms with E-state index in [1.807, 2.05) is 36.1 Å². The molecule has 1 fully saturated rings. The zero-order valence-electron chi connectivity index (χ0n) is 14.4. The largest absolute Gasteiger partial charge is 0.484 e. The Morgan fingerprint density at radius 1 is 1.20 bits per heavy atom. The van der Waals surface area contributed by atoms with Gasteiger partial charge >= 0.3 is 0 Å². The van der Waals surface area contributed by atoms with Crippen molar-refractivity contribution in [2.45, 2.75) is 13.0 Å². The third-order valence-corrected chi connectivity index (χ3v) is 4.47. The number of rotatable bonds is 6. The Labute approximate surface area is 147 Å². The Bertz CT molecular complexity index is 678. The van der Waals surface area contributed by atoms with Gasteiger partial charge in [0.1, 0.15) is 17.6 Å². The summed E-state index contributed by atoms with van der Waals surface area (Å²) in [5.41, 5.74) is 1.02. The second kappa shape index (κ2) is 8.18. The van der Waals surface area contributed by atoms with Gasteiger partial charge in [-0.25, -0.2) is 0 Å². The molecule has 1 aliphatic rings. The summed E-state index contributed by atoms with van der Waals surface area (Å²) >= 11 is 0. The molecule has 1 saturated heterocycles. The molecule has 25 heavy (non-hydrogen) atoms. The molecular weight excluding hydrogens is 320 g/mol. The van der Waals surface area contributed by atoms with Crippen molar-refractivity contribution in [1.82, 2.24) is 9.80 Å². The number of piperazine rings is 1. The molecule has 1 unspecified atom stereocenters. The van der Waals surface area contributed by atoms with Crippen molar-refractivity contribution >= 4 is 5.91 Å².